The molecule has 164 valence electrons. The lowest BCUT2D eigenvalue weighted by atomic mass is 9.88. The standard InChI is InChI=1S/C22H28N6O3/c29-19(25-17-6-3-9-23-14-17)18-15-28-13-10-24-20(28)22(31-18)7-11-27(12-8-22)21(30)26-16-4-1-2-5-16/h3,6,9-10,13-14,16,18H,1-2,4-5,7-8,11-12,15H2,(H,25,29)(H,26,30). The number of carbonyl (C=O) groups excluding carboxylic acids is 2. The van der Waals surface area contributed by atoms with E-state index in [1.165, 1.54) is 12.8 Å². The number of rotatable bonds is 3. The van der Waals surface area contributed by atoms with Gasteiger partial charge in [0.1, 0.15) is 11.4 Å². The topological polar surface area (TPSA) is 101 Å². The van der Waals surface area contributed by atoms with Crippen molar-refractivity contribution >= 4 is 17.6 Å². The van der Waals surface area contributed by atoms with Gasteiger partial charge in [0.15, 0.2) is 6.10 Å². The van der Waals surface area contributed by atoms with Crippen molar-refractivity contribution in [3.63, 3.8) is 0 Å². The van der Waals surface area contributed by atoms with Gasteiger partial charge in [-0.25, -0.2) is 9.78 Å². The van der Waals surface area contributed by atoms with Gasteiger partial charge in [-0.2, -0.15) is 0 Å². The van der Waals surface area contributed by atoms with E-state index in [0.717, 1.165) is 18.7 Å². The predicted molar refractivity (Wildman–Crippen MR) is 113 cm³/mol. The van der Waals surface area contributed by atoms with Gasteiger partial charge in [0, 0.05) is 50.6 Å². The van der Waals surface area contributed by atoms with Crippen molar-refractivity contribution in [3.8, 4) is 0 Å². The third-order valence-electron chi connectivity index (χ3n) is 6.62. The highest BCUT2D eigenvalue weighted by atomic mass is 16.5. The Bertz CT molecular complexity index is 932. The molecule has 3 aliphatic rings. The van der Waals surface area contributed by atoms with Crippen LogP contribution in [0.2, 0.25) is 0 Å². The molecule has 9 nitrogen and oxygen atoms in total. The molecule has 1 saturated carbocycles. The lowest BCUT2D eigenvalue weighted by Gasteiger charge is -2.45. The van der Waals surface area contributed by atoms with Gasteiger partial charge < -0.3 is 24.8 Å². The van der Waals surface area contributed by atoms with E-state index in [4.69, 9.17) is 4.74 Å². The number of carbonyl (C=O) groups is 2. The Labute approximate surface area is 181 Å². The number of hydrogen-bond donors (Lipinski definition) is 2. The summed E-state index contributed by atoms with van der Waals surface area (Å²) in [6.07, 6.45) is 12.0. The number of aromatic nitrogens is 3. The van der Waals surface area contributed by atoms with Crippen molar-refractivity contribution in [2.24, 2.45) is 0 Å². The van der Waals surface area contributed by atoms with E-state index in [2.05, 4.69) is 20.6 Å². The highest BCUT2D eigenvalue weighted by molar-refractivity contribution is 5.94. The molecule has 1 atom stereocenters. The number of nitrogens with zero attached hydrogens (tertiary/aromatic N) is 4. The summed E-state index contributed by atoms with van der Waals surface area (Å²) in [6.45, 7) is 1.56. The van der Waals surface area contributed by atoms with E-state index in [0.29, 0.717) is 44.2 Å². The molecule has 2 aromatic rings. The van der Waals surface area contributed by atoms with Crippen LogP contribution in [0.15, 0.2) is 36.9 Å². The maximum absolute atomic E-state index is 12.9. The largest absolute Gasteiger partial charge is 0.352 e. The van der Waals surface area contributed by atoms with E-state index in [1.54, 1.807) is 30.7 Å². The normalized spacial score (nSPS) is 22.8. The zero-order chi connectivity index (χ0) is 21.3. The minimum Gasteiger partial charge on any atom is -0.352 e. The van der Waals surface area contributed by atoms with Gasteiger partial charge in [-0.1, -0.05) is 12.8 Å². The summed E-state index contributed by atoms with van der Waals surface area (Å²) < 4.78 is 8.43. The molecule has 2 aliphatic heterocycles. The summed E-state index contributed by atoms with van der Waals surface area (Å²) in [4.78, 5) is 36.0. The molecule has 1 saturated heterocycles. The number of anilines is 1. The first-order valence-electron chi connectivity index (χ1n) is 11.1. The van der Waals surface area contributed by atoms with E-state index in [-0.39, 0.29) is 11.9 Å². The minimum atomic E-state index is -0.664. The van der Waals surface area contributed by atoms with E-state index >= 15 is 0 Å². The summed E-state index contributed by atoms with van der Waals surface area (Å²) in [7, 11) is 0. The quantitative estimate of drug-likeness (QED) is 0.787. The van der Waals surface area contributed by atoms with Gasteiger partial charge in [0.05, 0.1) is 18.4 Å². The third-order valence-corrected chi connectivity index (χ3v) is 6.62. The van der Waals surface area contributed by atoms with Crippen LogP contribution in [-0.2, 0) is 21.7 Å². The Morgan fingerprint density at radius 2 is 1.97 bits per heavy atom. The van der Waals surface area contributed by atoms with Gasteiger partial charge in [-0.3, -0.25) is 9.78 Å². The number of imidazole rings is 1. The fourth-order valence-electron chi connectivity index (χ4n) is 4.94. The van der Waals surface area contributed by atoms with Crippen LogP contribution in [0.5, 0.6) is 0 Å². The Balaban J connectivity index is 1.27. The molecule has 1 aliphatic carbocycles. The number of nitrogens with one attached hydrogen (secondary N) is 2. The van der Waals surface area contributed by atoms with Gasteiger partial charge in [0.25, 0.3) is 5.91 Å². The molecule has 4 heterocycles. The lowest BCUT2D eigenvalue weighted by molar-refractivity contribution is -0.167. The highest BCUT2D eigenvalue weighted by Crippen LogP contribution is 2.40. The second-order valence-electron chi connectivity index (χ2n) is 8.65. The van der Waals surface area contributed by atoms with Crippen LogP contribution in [0.25, 0.3) is 0 Å². The Morgan fingerprint density at radius 1 is 1.16 bits per heavy atom. The summed E-state index contributed by atoms with van der Waals surface area (Å²) >= 11 is 0. The summed E-state index contributed by atoms with van der Waals surface area (Å²) in [5.41, 5.74) is -0.0250. The number of hydrogen-bond acceptors (Lipinski definition) is 5. The van der Waals surface area contributed by atoms with Gasteiger partial charge in [0.2, 0.25) is 0 Å². The zero-order valence-electron chi connectivity index (χ0n) is 17.5. The van der Waals surface area contributed by atoms with Gasteiger partial charge >= 0.3 is 6.03 Å². The minimum absolute atomic E-state index is 0.00627. The molecular weight excluding hydrogens is 396 g/mol. The first kappa shape index (κ1) is 20.0. The van der Waals surface area contributed by atoms with Crippen LogP contribution in [0.3, 0.4) is 0 Å². The summed E-state index contributed by atoms with van der Waals surface area (Å²) in [6, 6.07) is 3.88. The fraction of sp³-hybridized carbons (Fsp3) is 0.545. The van der Waals surface area contributed by atoms with E-state index < -0.39 is 11.7 Å². The Kier molecular flexibility index (Phi) is 5.35. The van der Waals surface area contributed by atoms with Crippen LogP contribution in [0, 0.1) is 0 Å². The van der Waals surface area contributed by atoms with Crippen LogP contribution in [0.4, 0.5) is 10.5 Å². The first-order chi connectivity index (χ1) is 15.1. The number of urea groups is 1. The van der Waals surface area contributed by atoms with Crippen LogP contribution < -0.4 is 10.6 Å². The zero-order valence-corrected chi connectivity index (χ0v) is 17.5. The van der Waals surface area contributed by atoms with Crippen molar-refractivity contribution in [2.45, 2.75) is 62.8 Å². The highest BCUT2D eigenvalue weighted by Gasteiger charge is 2.47. The Morgan fingerprint density at radius 3 is 2.71 bits per heavy atom. The molecule has 0 radical (unpaired) electrons. The van der Waals surface area contributed by atoms with E-state index in [9.17, 15) is 9.59 Å². The SMILES string of the molecule is O=C(Nc1cccnc1)C1Cn2ccnc2C2(CCN(C(=O)NC3CCCC3)CC2)O1. The molecule has 9 heteroatoms. The molecule has 1 unspecified atom stereocenters. The average Bonchev–Trinajstić information content (AvgIpc) is 3.47. The van der Waals surface area contributed by atoms with Crippen molar-refractivity contribution in [1.82, 2.24) is 24.8 Å². The summed E-state index contributed by atoms with van der Waals surface area (Å²) in [5.74, 6) is 0.641. The van der Waals surface area contributed by atoms with Crippen molar-refractivity contribution in [3.05, 3.63) is 42.7 Å². The van der Waals surface area contributed by atoms with Crippen LogP contribution in [0.1, 0.15) is 44.3 Å². The van der Waals surface area contributed by atoms with Crippen LogP contribution >= 0.6 is 0 Å². The molecule has 2 N–H and O–H groups in total. The van der Waals surface area contributed by atoms with Gasteiger partial charge in [-0.15, -0.1) is 0 Å². The second-order valence-corrected chi connectivity index (χ2v) is 8.65. The monoisotopic (exact) mass is 424 g/mol. The average molecular weight is 425 g/mol. The van der Waals surface area contributed by atoms with Crippen molar-refractivity contribution in [2.75, 3.05) is 18.4 Å². The number of amides is 3. The summed E-state index contributed by atoms with van der Waals surface area (Å²) in [5, 5.41) is 6.05. The van der Waals surface area contributed by atoms with Crippen LogP contribution in [-0.4, -0.2) is 56.6 Å². The molecule has 0 bridgehead atoms. The number of ether oxygens (including phenoxy) is 1. The molecule has 0 aromatic carbocycles. The fourth-order valence-corrected chi connectivity index (χ4v) is 4.94. The molecule has 2 fully saturated rings. The third kappa shape index (κ3) is 4.01. The molecule has 31 heavy (non-hydrogen) atoms. The maximum Gasteiger partial charge on any atom is 0.317 e. The van der Waals surface area contributed by atoms with Crippen molar-refractivity contribution < 1.29 is 14.3 Å². The second kappa shape index (κ2) is 8.30. The number of likely N-dealkylation sites (tertiary alicyclic amines) is 1. The smallest absolute Gasteiger partial charge is 0.317 e. The first-order valence-corrected chi connectivity index (χ1v) is 11.1. The molecule has 5 rings (SSSR count). The van der Waals surface area contributed by atoms with Crippen molar-refractivity contribution in [1.29, 1.82) is 0 Å². The lowest BCUT2D eigenvalue weighted by Crippen LogP contribution is -2.55. The molecular formula is C22H28N6O3. The molecule has 3 amide bonds. The predicted octanol–water partition coefficient (Wildman–Crippen LogP) is 2.26. The maximum atomic E-state index is 12.9. The molecule has 2 aromatic heterocycles. The van der Waals surface area contributed by atoms with Gasteiger partial charge in [-0.05, 0) is 25.0 Å². The Hall–Kier alpha value is -2.94. The number of piperidine rings is 1. The van der Waals surface area contributed by atoms with E-state index in [1.807, 2.05) is 15.7 Å². The molecule has 1 spiro atoms. The number of pyridine rings is 1. The number of fused-ring (bicyclic) bond motifs is 2.